The van der Waals surface area contributed by atoms with E-state index in [0.717, 1.165) is 37.4 Å². The van der Waals surface area contributed by atoms with E-state index in [9.17, 15) is 5.11 Å². The van der Waals surface area contributed by atoms with E-state index in [0.29, 0.717) is 25.2 Å². The number of aryl methyl sites for hydroxylation is 1. The van der Waals surface area contributed by atoms with Crippen molar-refractivity contribution < 1.29 is 14.6 Å². The van der Waals surface area contributed by atoms with Crippen molar-refractivity contribution in [3.05, 3.63) is 29.8 Å². The Labute approximate surface area is 134 Å². The molecule has 1 aromatic rings. The average molecular weight is 307 g/mol. The fourth-order valence-corrected chi connectivity index (χ4v) is 2.68. The SMILES string of the molecule is Cc1ccccc1OCC(O)CN1CCC(OCC(C)C)C1. The molecule has 0 saturated carbocycles. The van der Waals surface area contributed by atoms with Gasteiger partial charge in [0.05, 0.1) is 6.10 Å². The maximum absolute atomic E-state index is 10.2. The summed E-state index contributed by atoms with van der Waals surface area (Å²) in [6, 6.07) is 7.89. The van der Waals surface area contributed by atoms with E-state index in [2.05, 4.69) is 18.7 Å². The molecule has 0 aromatic heterocycles. The molecular formula is C18H29NO3. The quantitative estimate of drug-likeness (QED) is 0.801. The topological polar surface area (TPSA) is 41.9 Å². The minimum atomic E-state index is -0.469. The van der Waals surface area contributed by atoms with Crippen molar-refractivity contribution in [2.75, 3.05) is 32.8 Å². The van der Waals surface area contributed by atoms with Crippen LogP contribution in [0.5, 0.6) is 5.75 Å². The zero-order chi connectivity index (χ0) is 15.9. The van der Waals surface area contributed by atoms with E-state index in [-0.39, 0.29) is 0 Å². The van der Waals surface area contributed by atoms with Crippen LogP contribution < -0.4 is 4.74 Å². The van der Waals surface area contributed by atoms with Crippen LogP contribution in [-0.4, -0.2) is 55.1 Å². The highest BCUT2D eigenvalue weighted by molar-refractivity contribution is 5.31. The lowest BCUT2D eigenvalue weighted by Crippen LogP contribution is -2.35. The normalized spacial score (nSPS) is 20.5. The Morgan fingerprint density at radius 2 is 2.05 bits per heavy atom. The molecule has 1 N–H and O–H groups in total. The van der Waals surface area contributed by atoms with Crippen molar-refractivity contribution >= 4 is 0 Å². The number of β-amino-alcohol motifs (C(OH)–C–C–N with tert-alkyl or cyclic N) is 1. The summed E-state index contributed by atoms with van der Waals surface area (Å²) in [6.07, 6.45) is 0.897. The van der Waals surface area contributed by atoms with Crippen LogP contribution in [0.2, 0.25) is 0 Å². The molecule has 1 saturated heterocycles. The maximum atomic E-state index is 10.2. The first kappa shape index (κ1) is 17.3. The van der Waals surface area contributed by atoms with Crippen LogP contribution in [0.3, 0.4) is 0 Å². The van der Waals surface area contributed by atoms with Crippen LogP contribution in [0.25, 0.3) is 0 Å². The fourth-order valence-electron chi connectivity index (χ4n) is 2.68. The van der Waals surface area contributed by atoms with E-state index in [4.69, 9.17) is 9.47 Å². The fraction of sp³-hybridized carbons (Fsp3) is 0.667. The molecule has 2 atom stereocenters. The monoisotopic (exact) mass is 307 g/mol. The number of hydrogen-bond donors (Lipinski definition) is 1. The summed E-state index contributed by atoms with van der Waals surface area (Å²) in [6.45, 7) is 10.0. The van der Waals surface area contributed by atoms with Crippen LogP contribution in [0.15, 0.2) is 24.3 Å². The third-order valence-corrected chi connectivity index (χ3v) is 3.89. The summed E-state index contributed by atoms with van der Waals surface area (Å²) in [5.74, 6) is 1.42. The first-order chi connectivity index (χ1) is 10.5. The minimum Gasteiger partial charge on any atom is -0.491 e. The molecule has 0 radical (unpaired) electrons. The second-order valence-electron chi connectivity index (χ2n) is 6.63. The smallest absolute Gasteiger partial charge is 0.122 e. The number of rotatable bonds is 8. The standard InChI is InChI=1S/C18H29NO3/c1-14(2)12-21-17-8-9-19(11-17)10-16(20)13-22-18-7-5-4-6-15(18)3/h4-7,14,16-17,20H,8-13H2,1-3H3. The highest BCUT2D eigenvalue weighted by Crippen LogP contribution is 2.17. The summed E-state index contributed by atoms with van der Waals surface area (Å²) < 4.78 is 11.6. The highest BCUT2D eigenvalue weighted by atomic mass is 16.5. The molecule has 1 aromatic carbocycles. The zero-order valence-electron chi connectivity index (χ0n) is 14.0. The van der Waals surface area contributed by atoms with Crippen molar-refractivity contribution in [1.82, 2.24) is 4.90 Å². The van der Waals surface area contributed by atoms with E-state index in [1.165, 1.54) is 0 Å². The molecule has 0 aliphatic carbocycles. The molecule has 0 spiro atoms. The number of aliphatic hydroxyl groups excluding tert-OH is 1. The molecule has 22 heavy (non-hydrogen) atoms. The zero-order valence-corrected chi connectivity index (χ0v) is 14.0. The molecule has 2 rings (SSSR count). The first-order valence-corrected chi connectivity index (χ1v) is 8.25. The van der Waals surface area contributed by atoms with Gasteiger partial charge in [0, 0.05) is 26.2 Å². The van der Waals surface area contributed by atoms with Crippen molar-refractivity contribution in [2.45, 2.75) is 39.4 Å². The lowest BCUT2D eigenvalue weighted by atomic mass is 10.2. The molecule has 124 valence electrons. The Balaban J connectivity index is 1.67. The van der Waals surface area contributed by atoms with E-state index in [1.807, 2.05) is 31.2 Å². The van der Waals surface area contributed by atoms with Crippen LogP contribution in [-0.2, 0) is 4.74 Å². The number of aliphatic hydroxyl groups is 1. The van der Waals surface area contributed by atoms with Gasteiger partial charge in [-0.2, -0.15) is 0 Å². The Bertz CT molecular complexity index is 450. The van der Waals surface area contributed by atoms with Crippen molar-refractivity contribution in [3.63, 3.8) is 0 Å². The van der Waals surface area contributed by atoms with Gasteiger partial charge < -0.3 is 14.6 Å². The van der Waals surface area contributed by atoms with Crippen LogP contribution in [0.1, 0.15) is 25.8 Å². The first-order valence-electron chi connectivity index (χ1n) is 8.25. The second kappa shape index (κ2) is 8.51. The molecule has 1 aliphatic heterocycles. The van der Waals surface area contributed by atoms with Gasteiger partial charge >= 0.3 is 0 Å². The van der Waals surface area contributed by atoms with Gasteiger partial charge in [-0.3, -0.25) is 4.90 Å². The maximum Gasteiger partial charge on any atom is 0.122 e. The Morgan fingerprint density at radius 3 is 2.77 bits per heavy atom. The van der Waals surface area contributed by atoms with Crippen LogP contribution in [0, 0.1) is 12.8 Å². The van der Waals surface area contributed by atoms with Crippen molar-refractivity contribution in [3.8, 4) is 5.75 Å². The lowest BCUT2D eigenvalue weighted by molar-refractivity contribution is 0.0332. The number of hydrogen-bond acceptors (Lipinski definition) is 4. The van der Waals surface area contributed by atoms with Gasteiger partial charge in [0.15, 0.2) is 0 Å². The van der Waals surface area contributed by atoms with E-state index >= 15 is 0 Å². The summed E-state index contributed by atoms with van der Waals surface area (Å²) in [4.78, 5) is 2.26. The molecule has 2 unspecified atom stereocenters. The molecular weight excluding hydrogens is 278 g/mol. The third kappa shape index (κ3) is 5.59. The summed E-state index contributed by atoms with van der Waals surface area (Å²) in [5, 5.41) is 10.2. The Kier molecular flexibility index (Phi) is 6.68. The third-order valence-electron chi connectivity index (χ3n) is 3.89. The Hall–Kier alpha value is -1.10. The average Bonchev–Trinajstić information content (AvgIpc) is 2.92. The molecule has 0 bridgehead atoms. The van der Waals surface area contributed by atoms with Gasteiger partial charge in [-0.05, 0) is 30.9 Å². The van der Waals surface area contributed by atoms with E-state index < -0.39 is 6.10 Å². The van der Waals surface area contributed by atoms with Crippen molar-refractivity contribution in [2.24, 2.45) is 5.92 Å². The number of likely N-dealkylation sites (tertiary alicyclic amines) is 1. The predicted octanol–water partition coefficient (Wildman–Crippen LogP) is 2.48. The largest absolute Gasteiger partial charge is 0.491 e. The Morgan fingerprint density at radius 1 is 1.27 bits per heavy atom. The molecule has 4 heteroatoms. The van der Waals surface area contributed by atoms with Crippen LogP contribution in [0.4, 0.5) is 0 Å². The van der Waals surface area contributed by atoms with Crippen molar-refractivity contribution in [1.29, 1.82) is 0 Å². The summed E-state index contributed by atoms with van der Waals surface area (Å²) in [5.41, 5.74) is 1.10. The van der Waals surface area contributed by atoms with Gasteiger partial charge in [-0.25, -0.2) is 0 Å². The van der Waals surface area contributed by atoms with Gasteiger partial charge in [0.2, 0.25) is 0 Å². The second-order valence-corrected chi connectivity index (χ2v) is 6.63. The van der Waals surface area contributed by atoms with Gasteiger partial charge in [0.1, 0.15) is 18.5 Å². The summed E-state index contributed by atoms with van der Waals surface area (Å²) in [7, 11) is 0. The van der Waals surface area contributed by atoms with Crippen LogP contribution >= 0.6 is 0 Å². The molecule has 0 amide bonds. The number of ether oxygens (including phenoxy) is 2. The minimum absolute atomic E-state index is 0.312. The van der Waals surface area contributed by atoms with Gasteiger partial charge in [-0.1, -0.05) is 32.0 Å². The number of para-hydroxylation sites is 1. The lowest BCUT2D eigenvalue weighted by Gasteiger charge is -2.21. The van der Waals surface area contributed by atoms with E-state index in [1.54, 1.807) is 0 Å². The molecule has 1 fully saturated rings. The molecule has 1 heterocycles. The van der Waals surface area contributed by atoms with Gasteiger partial charge in [0.25, 0.3) is 0 Å². The number of nitrogens with zero attached hydrogens (tertiary/aromatic N) is 1. The number of benzene rings is 1. The summed E-state index contributed by atoms with van der Waals surface area (Å²) >= 11 is 0. The predicted molar refractivity (Wildman–Crippen MR) is 88.3 cm³/mol. The van der Waals surface area contributed by atoms with Gasteiger partial charge in [-0.15, -0.1) is 0 Å². The molecule has 4 nitrogen and oxygen atoms in total. The molecule has 1 aliphatic rings. The highest BCUT2D eigenvalue weighted by Gasteiger charge is 2.25.